The molecule has 0 aromatic heterocycles. The number of benzene rings is 1. The van der Waals surface area contributed by atoms with Crippen LogP contribution < -0.4 is 10.6 Å². The van der Waals surface area contributed by atoms with Gasteiger partial charge in [0.2, 0.25) is 0 Å². The van der Waals surface area contributed by atoms with Crippen molar-refractivity contribution < 1.29 is 0 Å². The van der Waals surface area contributed by atoms with Gasteiger partial charge in [-0.25, -0.2) is 0 Å². The highest BCUT2D eigenvalue weighted by atomic mass is 79.9. The van der Waals surface area contributed by atoms with E-state index in [4.69, 9.17) is 5.73 Å². The summed E-state index contributed by atoms with van der Waals surface area (Å²) in [6.45, 7) is 8.69. The van der Waals surface area contributed by atoms with Gasteiger partial charge in [-0.3, -0.25) is 0 Å². The number of halogens is 1. The van der Waals surface area contributed by atoms with Crippen molar-refractivity contribution in [3.05, 3.63) is 28.2 Å². The maximum absolute atomic E-state index is 5.94. The van der Waals surface area contributed by atoms with E-state index in [0.717, 1.165) is 13.1 Å². The number of hydrogen-bond acceptors (Lipinski definition) is 2. The molecule has 1 aromatic carbocycles. The van der Waals surface area contributed by atoms with Crippen LogP contribution in [0.1, 0.15) is 32.3 Å². The van der Waals surface area contributed by atoms with Crippen molar-refractivity contribution in [2.45, 2.75) is 39.2 Å². The fourth-order valence-electron chi connectivity index (χ4n) is 3.02. The molecule has 1 heterocycles. The van der Waals surface area contributed by atoms with E-state index in [0.29, 0.717) is 5.92 Å². The number of anilines is 1. The molecule has 1 aromatic rings. The smallest absolute Gasteiger partial charge is 0.0386 e. The average Bonchev–Trinajstić information content (AvgIpc) is 2.32. The number of piperidine rings is 1. The molecule has 0 saturated carbocycles. The van der Waals surface area contributed by atoms with Gasteiger partial charge < -0.3 is 10.6 Å². The Balaban J connectivity index is 2.33. The Hall–Kier alpha value is -0.540. The lowest BCUT2D eigenvalue weighted by Gasteiger charge is -2.49. The third-order valence-corrected chi connectivity index (χ3v) is 5.26. The molecule has 100 valence electrons. The largest absolute Gasteiger partial charge is 0.366 e. The second kappa shape index (κ2) is 5.22. The van der Waals surface area contributed by atoms with Crippen LogP contribution in [0.15, 0.2) is 22.7 Å². The van der Waals surface area contributed by atoms with Gasteiger partial charge in [0.15, 0.2) is 0 Å². The first-order valence-corrected chi connectivity index (χ1v) is 7.50. The Kier molecular flexibility index (Phi) is 4.02. The number of aryl methyl sites for hydroxylation is 1. The Bertz CT molecular complexity index is 429. The molecule has 0 amide bonds. The Morgan fingerprint density at radius 2 is 2.17 bits per heavy atom. The number of nitrogens with zero attached hydrogens (tertiary/aromatic N) is 1. The SMILES string of the molecule is Cc1cc(N2CCCC(CN)C2(C)C)ccc1Br. The Morgan fingerprint density at radius 3 is 2.78 bits per heavy atom. The number of hydrogen-bond donors (Lipinski definition) is 1. The Labute approximate surface area is 119 Å². The van der Waals surface area contributed by atoms with Crippen LogP contribution >= 0.6 is 15.9 Å². The van der Waals surface area contributed by atoms with Crippen molar-refractivity contribution in [2.24, 2.45) is 11.7 Å². The standard InChI is InChI=1S/C15H23BrN2/c1-11-9-13(6-7-14(11)16)18-8-4-5-12(10-17)15(18,2)3/h6-7,9,12H,4-5,8,10,17H2,1-3H3. The zero-order valence-electron chi connectivity index (χ0n) is 11.5. The maximum atomic E-state index is 5.94. The normalized spacial score (nSPS) is 23.2. The van der Waals surface area contributed by atoms with Gasteiger partial charge in [-0.1, -0.05) is 15.9 Å². The van der Waals surface area contributed by atoms with E-state index < -0.39 is 0 Å². The highest BCUT2D eigenvalue weighted by molar-refractivity contribution is 9.10. The van der Waals surface area contributed by atoms with Gasteiger partial charge in [-0.05, 0) is 69.8 Å². The minimum atomic E-state index is 0.146. The third-order valence-electron chi connectivity index (χ3n) is 4.37. The lowest BCUT2D eigenvalue weighted by Crippen LogP contribution is -2.55. The van der Waals surface area contributed by atoms with Gasteiger partial charge in [0.1, 0.15) is 0 Å². The molecule has 3 heteroatoms. The average molecular weight is 311 g/mol. The van der Waals surface area contributed by atoms with Gasteiger partial charge >= 0.3 is 0 Å². The zero-order chi connectivity index (χ0) is 13.3. The van der Waals surface area contributed by atoms with Crippen LogP contribution in [-0.2, 0) is 0 Å². The molecule has 0 spiro atoms. The lowest BCUT2D eigenvalue weighted by molar-refractivity contribution is 0.244. The zero-order valence-corrected chi connectivity index (χ0v) is 13.1. The van der Waals surface area contributed by atoms with Crippen molar-refractivity contribution >= 4 is 21.6 Å². The van der Waals surface area contributed by atoms with Crippen LogP contribution in [-0.4, -0.2) is 18.6 Å². The van der Waals surface area contributed by atoms with Gasteiger partial charge in [-0.2, -0.15) is 0 Å². The van der Waals surface area contributed by atoms with Crippen LogP contribution in [0.5, 0.6) is 0 Å². The number of rotatable bonds is 2. The molecular weight excluding hydrogens is 288 g/mol. The Morgan fingerprint density at radius 1 is 1.44 bits per heavy atom. The van der Waals surface area contributed by atoms with Crippen LogP contribution in [0.25, 0.3) is 0 Å². The summed E-state index contributed by atoms with van der Waals surface area (Å²) < 4.78 is 1.18. The monoisotopic (exact) mass is 310 g/mol. The van der Waals surface area contributed by atoms with Crippen molar-refractivity contribution in [3.63, 3.8) is 0 Å². The van der Waals surface area contributed by atoms with E-state index in [1.165, 1.54) is 28.6 Å². The molecule has 2 nitrogen and oxygen atoms in total. The molecule has 0 bridgehead atoms. The molecule has 2 N–H and O–H groups in total. The number of nitrogens with two attached hydrogens (primary N) is 1. The van der Waals surface area contributed by atoms with Crippen LogP contribution in [0.4, 0.5) is 5.69 Å². The summed E-state index contributed by atoms with van der Waals surface area (Å²) in [5.74, 6) is 0.579. The minimum Gasteiger partial charge on any atom is -0.366 e. The van der Waals surface area contributed by atoms with E-state index in [2.05, 4.69) is 59.8 Å². The molecule has 0 aliphatic carbocycles. The first kappa shape index (κ1) is 13.9. The van der Waals surface area contributed by atoms with Crippen molar-refractivity contribution in [3.8, 4) is 0 Å². The van der Waals surface area contributed by atoms with E-state index >= 15 is 0 Å². The third kappa shape index (κ3) is 2.43. The van der Waals surface area contributed by atoms with Gasteiger partial charge in [-0.15, -0.1) is 0 Å². The molecule has 18 heavy (non-hydrogen) atoms. The molecule has 1 unspecified atom stereocenters. The summed E-state index contributed by atoms with van der Waals surface area (Å²) in [4.78, 5) is 2.52. The summed E-state index contributed by atoms with van der Waals surface area (Å²) in [5, 5.41) is 0. The molecule has 1 aliphatic heterocycles. The summed E-state index contributed by atoms with van der Waals surface area (Å²) in [5.41, 5.74) is 8.69. The predicted molar refractivity (Wildman–Crippen MR) is 82.1 cm³/mol. The van der Waals surface area contributed by atoms with E-state index in [-0.39, 0.29) is 5.54 Å². The molecule has 1 saturated heterocycles. The van der Waals surface area contributed by atoms with Crippen LogP contribution in [0, 0.1) is 12.8 Å². The highest BCUT2D eigenvalue weighted by Crippen LogP contribution is 2.37. The molecular formula is C15H23BrN2. The van der Waals surface area contributed by atoms with Crippen LogP contribution in [0.3, 0.4) is 0 Å². The van der Waals surface area contributed by atoms with Gasteiger partial charge in [0, 0.05) is 22.2 Å². The van der Waals surface area contributed by atoms with Gasteiger partial charge in [0.05, 0.1) is 0 Å². The summed E-state index contributed by atoms with van der Waals surface area (Å²) >= 11 is 3.57. The summed E-state index contributed by atoms with van der Waals surface area (Å²) in [6.07, 6.45) is 2.48. The summed E-state index contributed by atoms with van der Waals surface area (Å²) in [6, 6.07) is 6.62. The molecule has 1 aliphatic rings. The minimum absolute atomic E-state index is 0.146. The van der Waals surface area contributed by atoms with E-state index in [1.807, 2.05) is 0 Å². The predicted octanol–water partition coefficient (Wildman–Crippen LogP) is 3.71. The first-order chi connectivity index (χ1) is 8.46. The van der Waals surface area contributed by atoms with E-state index in [1.54, 1.807) is 0 Å². The van der Waals surface area contributed by atoms with Gasteiger partial charge in [0.25, 0.3) is 0 Å². The maximum Gasteiger partial charge on any atom is 0.0386 e. The molecule has 1 fully saturated rings. The van der Waals surface area contributed by atoms with Crippen molar-refractivity contribution in [2.75, 3.05) is 18.0 Å². The lowest BCUT2D eigenvalue weighted by atomic mass is 9.78. The molecule has 0 radical (unpaired) electrons. The van der Waals surface area contributed by atoms with Crippen molar-refractivity contribution in [1.29, 1.82) is 0 Å². The topological polar surface area (TPSA) is 29.3 Å². The van der Waals surface area contributed by atoms with Crippen molar-refractivity contribution in [1.82, 2.24) is 0 Å². The second-order valence-electron chi connectivity index (χ2n) is 5.81. The fraction of sp³-hybridized carbons (Fsp3) is 0.600. The highest BCUT2D eigenvalue weighted by Gasteiger charge is 2.37. The quantitative estimate of drug-likeness (QED) is 0.902. The molecule has 2 rings (SSSR count). The first-order valence-electron chi connectivity index (χ1n) is 6.70. The fourth-order valence-corrected chi connectivity index (χ4v) is 3.27. The summed E-state index contributed by atoms with van der Waals surface area (Å²) in [7, 11) is 0. The second-order valence-corrected chi connectivity index (χ2v) is 6.67. The molecule has 1 atom stereocenters. The van der Waals surface area contributed by atoms with E-state index in [9.17, 15) is 0 Å². The van der Waals surface area contributed by atoms with Crippen LogP contribution in [0.2, 0.25) is 0 Å².